The molecule has 0 unspecified atom stereocenters. The summed E-state index contributed by atoms with van der Waals surface area (Å²) in [4.78, 5) is 19.7. The van der Waals surface area contributed by atoms with Crippen LogP contribution in [0.25, 0.3) is 0 Å². The van der Waals surface area contributed by atoms with E-state index >= 15 is 0 Å². The molecule has 5 heteroatoms. The van der Waals surface area contributed by atoms with E-state index < -0.39 is 0 Å². The number of benzene rings is 1. The van der Waals surface area contributed by atoms with Gasteiger partial charge in [-0.15, -0.1) is 5.11 Å². The number of hydrogen-bond donors (Lipinski definition) is 0. The number of rotatable bonds is 1. The van der Waals surface area contributed by atoms with Crippen LogP contribution < -0.4 is 0 Å². The van der Waals surface area contributed by atoms with Gasteiger partial charge in [0.05, 0.1) is 6.20 Å². The number of aliphatic imine (C=N–C) groups is 2. The lowest BCUT2D eigenvalue weighted by Gasteiger charge is -2.07. The van der Waals surface area contributed by atoms with Crippen molar-refractivity contribution in [3.8, 4) is 0 Å². The predicted molar refractivity (Wildman–Crippen MR) is 58.4 cm³/mol. The first-order chi connectivity index (χ1) is 7.84. The first kappa shape index (κ1) is 8.84. The van der Waals surface area contributed by atoms with Gasteiger partial charge in [0.15, 0.2) is 11.7 Å². The standard InChI is InChI=1S/C11H6N4O/c16-11-8-6-12-15-10(8)13-9(14-11)7-4-2-1-3-5-7/h1-6H. The molecular formula is C11H6N4O. The largest absolute Gasteiger partial charge is 0.284 e. The minimum absolute atomic E-state index is 0.339. The summed E-state index contributed by atoms with van der Waals surface area (Å²) < 4.78 is 0. The highest BCUT2D eigenvalue weighted by Crippen LogP contribution is 2.18. The highest BCUT2D eigenvalue weighted by atomic mass is 16.1. The van der Waals surface area contributed by atoms with E-state index in [0.29, 0.717) is 17.2 Å². The van der Waals surface area contributed by atoms with Crippen molar-refractivity contribution in [3.05, 3.63) is 47.7 Å². The molecule has 3 rings (SSSR count). The highest BCUT2D eigenvalue weighted by molar-refractivity contribution is 6.31. The predicted octanol–water partition coefficient (Wildman–Crippen LogP) is 1.72. The van der Waals surface area contributed by atoms with Crippen molar-refractivity contribution in [2.24, 2.45) is 20.2 Å². The monoisotopic (exact) mass is 210 g/mol. The van der Waals surface area contributed by atoms with Crippen molar-refractivity contribution >= 4 is 17.6 Å². The summed E-state index contributed by atoms with van der Waals surface area (Å²) in [6.07, 6.45) is 1.38. The van der Waals surface area contributed by atoms with E-state index in [9.17, 15) is 4.79 Å². The Morgan fingerprint density at radius 3 is 2.56 bits per heavy atom. The number of carbonyl (C=O) groups excluding carboxylic acids is 1. The van der Waals surface area contributed by atoms with Gasteiger partial charge >= 0.3 is 0 Å². The maximum atomic E-state index is 11.6. The van der Waals surface area contributed by atoms with Crippen molar-refractivity contribution in [3.63, 3.8) is 0 Å². The third-order valence-corrected chi connectivity index (χ3v) is 2.26. The molecule has 0 atom stereocenters. The van der Waals surface area contributed by atoms with Crippen LogP contribution in [0.15, 0.2) is 62.3 Å². The minimum atomic E-state index is -0.339. The second kappa shape index (κ2) is 3.30. The summed E-state index contributed by atoms with van der Waals surface area (Å²) in [6.45, 7) is 0. The molecule has 2 aliphatic rings. The lowest BCUT2D eigenvalue weighted by Crippen LogP contribution is -2.17. The van der Waals surface area contributed by atoms with Gasteiger partial charge in [0.1, 0.15) is 5.57 Å². The van der Waals surface area contributed by atoms with E-state index in [2.05, 4.69) is 20.2 Å². The van der Waals surface area contributed by atoms with E-state index in [1.165, 1.54) is 6.20 Å². The highest BCUT2D eigenvalue weighted by Gasteiger charge is 2.25. The van der Waals surface area contributed by atoms with Crippen molar-refractivity contribution in [2.75, 3.05) is 0 Å². The number of azo groups is 1. The summed E-state index contributed by atoms with van der Waals surface area (Å²) in [6, 6.07) is 9.31. The average Bonchev–Trinajstić information content (AvgIpc) is 2.79. The maximum absolute atomic E-state index is 11.6. The molecule has 0 saturated heterocycles. The van der Waals surface area contributed by atoms with Gasteiger partial charge in [-0.2, -0.15) is 10.1 Å². The number of nitrogens with zero attached hydrogens (tertiary/aromatic N) is 4. The van der Waals surface area contributed by atoms with Crippen LogP contribution in [0.1, 0.15) is 5.56 Å². The third kappa shape index (κ3) is 1.30. The van der Waals surface area contributed by atoms with Gasteiger partial charge in [0.2, 0.25) is 0 Å². The van der Waals surface area contributed by atoms with Gasteiger partial charge in [0, 0.05) is 5.56 Å². The zero-order valence-electron chi connectivity index (χ0n) is 8.16. The molecule has 0 N–H and O–H groups in total. The molecule has 5 nitrogen and oxygen atoms in total. The van der Waals surface area contributed by atoms with Gasteiger partial charge in [-0.3, -0.25) is 4.79 Å². The van der Waals surface area contributed by atoms with Gasteiger partial charge < -0.3 is 0 Å². The molecule has 0 fully saturated rings. The zero-order valence-corrected chi connectivity index (χ0v) is 8.16. The molecule has 0 saturated carbocycles. The summed E-state index contributed by atoms with van der Waals surface area (Å²) in [5.41, 5.74) is 1.16. The minimum Gasteiger partial charge on any atom is -0.266 e. The number of fused-ring (bicyclic) bond motifs is 1. The fourth-order valence-corrected chi connectivity index (χ4v) is 1.48. The Morgan fingerprint density at radius 1 is 0.938 bits per heavy atom. The van der Waals surface area contributed by atoms with Crippen LogP contribution in [-0.2, 0) is 4.79 Å². The van der Waals surface area contributed by atoms with Crippen molar-refractivity contribution in [1.29, 1.82) is 0 Å². The van der Waals surface area contributed by atoms with Gasteiger partial charge in [-0.1, -0.05) is 30.3 Å². The maximum Gasteiger partial charge on any atom is 0.284 e. The van der Waals surface area contributed by atoms with Crippen LogP contribution >= 0.6 is 0 Å². The Balaban J connectivity index is 2.09. The molecule has 0 bridgehead atoms. The molecule has 1 aromatic rings. The van der Waals surface area contributed by atoms with Crippen LogP contribution in [0, 0.1) is 0 Å². The molecule has 0 aliphatic carbocycles. The molecule has 2 heterocycles. The third-order valence-electron chi connectivity index (χ3n) is 2.26. The molecule has 0 radical (unpaired) electrons. The van der Waals surface area contributed by atoms with E-state index in [0.717, 1.165) is 5.56 Å². The zero-order chi connectivity index (χ0) is 11.0. The Labute approximate surface area is 91.0 Å². The summed E-state index contributed by atoms with van der Waals surface area (Å²) in [5, 5.41) is 7.41. The SMILES string of the molecule is O=C1N=C(c2ccccc2)N=C2N=NC=C12. The van der Waals surface area contributed by atoms with Crippen LogP contribution in [0.5, 0.6) is 0 Å². The number of hydrogen-bond acceptors (Lipinski definition) is 4. The topological polar surface area (TPSA) is 66.5 Å². The smallest absolute Gasteiger partial charge is 0.266 e. The molecule has 16 heavy (non-hydrogen) atoms. The van der Waals surface area contributed by atoms with Crippen LogP contribution in [0.2, 0.25) is 0 Å². The first-order valence-corrected chi connectivity index (χ1v) is 4.73. The van der Waals surface area contributed by atoms with Crippen molar-refractivity contribution in [1.82, 2.24) is 0 Å². The second-order valence-corrected chi connectivity index (χ2v) is 3.30. The number of carbonyl (C=O) groups is 1. The average molecular weight is 210 g/mol. The van der Waals surface area contributed by atoms with Gasteiger partial charge in [-0.05, 0) is 0 Å². The molecule has 76 valence electrons. The van der Waals surface area contributed by atoms with Gasteiger partial charge in [0.25, 0.3) is 5.91 Å². The van der Waals surface area contributed by atoms with E-state index in [4.69, 9.17) is 0 Å². The Kier molecular flexibility index (Phi) is 1.83. The Hall–Kier alpha value is -2.43. The Morgan fingerprint density at radius 2 is 1.75 bits per heavy atom. The number of amidine groups is 2. The van der Waals surface area contributed by atoms with E-state index in [1.54, 1.807) is 0 Å². The molecule has 2 aliphatic heterocycles. The van der Waals surface area contributed by atoms with Crippen LogP contribution in [-0.4, -0.2) is 17.6 Å². The van der Waals surface area contributed by atoms with Crippen LogP contribution in [0.3, 0.4) is 0 Å². The lowest BCUT2D eigenvalue weighted by atomic mass is 10.1. The van der Waals surface area contributed by atoms with E-state index in [-0.39, 0.29) is 5.91 Å². The molecular weight excluding hydrogens is 204 g/mol. The van der Waals surface area contributed by atoms with Gasteiger partial charge in [-0.25, -0.2) is 4.99 Å². The summed E-state index contributed by atoms with van der Waals surface area (Å²) in [5.74, 6) is 0.395. The molecule has 1 amide bonds. The first-order valence-electron chi connectivity index (χ1n) is 4.73. The summed E-state index contributed by atoms with van der Waals surface area (Å²) in [7, 11) is 0. The number of amides is 1. The van der Waals surface area contributed by atoms with Crippen molar-refractivity contribution < 1.29 is 4.79 Å². The molecule has 0 aromatic heterocycles. The van der Waals surface area contributed by atoms with Crippen LogP contribution in [0.4, 0.5) is 0 Å². The quantitative estimate of drug-likeness (QED) is 0.695. The Bertz CT molecular complexity index is 581. The van der Waals surface area contributed by atoms with E-state index in [1.807, 2.05) is 30.3 Å². The fourth-order valence-electron chi connectivity index (χ4n) is 1.48. The molecule has 1 aromatic carbocycles. The normalized spacial score (nSPS) is 17.8. The lowest BCUT2D eigenvalue weighted by molar-refractivity contribution is -0.113. The fraction of sp³-hybridized carbons (Fsp3) is 0. The summed E-state index contributed by atoms with van der Waals surface area (Å²) >= 11 is 0. The van der Waals surface area contributed by atoms with Crippen molar-refractivity contribution in [2.45, 2.75) is 0 Å². The second-order valence-electron chi connectivity index (χ2n) is 3.30. The molecule has 0 spiro atoms.